The minimum atomic E-state index is -0.290. The Morgan fingerprint density at radius 1 is 1.03 bits per heavy atom. The summed E-state index contributed by atoms with van der Waals surface area (Å²) in [4.78, 5) is 39.3. The normalized spacial score (nSPS) is 11.4. The van der Waals surface area contributed by atoms with E-state index in [2.05, 4.69) is 5.32 Å². The van der Waals surface area contributed by atoms with Crippen LogP contribution in [0.4, 0.5) is 5.69 Å². The lowest BCUT2D eigenvalue weighted by molar-refractivity contribution is -0.125. The van der Waals surface area contributed by atoms with Crippen molar-refractivity contribution in [3.05, 3.63) is 65.4 Å². The molecule has 0 aliphatic rings. The molecule has 0 aliphatic carbocycles. The molecule has 1 aromatic heterocycles. The first-order valence-corrected chi connectivity index (χ1v) is 11.2. The van der Waals surface area contributed by atoms with Crippen molar-refractivity contribution >= 4 is 39.8 Å². The van der Waals surface area contributed by atoms with Crippen LogP contribution in [0.2, 0.25) is 0 Å². The quantitative estimate of drug-likeness (QED) is 0.353. The molecule has 3 rings (SSSR count). The van der Waals surface area contributed by atoms with Crippen LogP contribution in [-0.4, -0.2) is 42.7 Å². The molecule has 2 amide bonds. The summed E-state index contributed by atoms with van der Waals surface area (Å²) < 4.78 is 10.9. The van der Waals surface area contributed by atoms with Gasteiger partial charge in [0.1, 0.15) is 11.3 Å². The zero-order valence-corrected chi connectivity index (χ0v) is 20.2. The number of allylic oxidation sites excluding steroid dienone is 1. The Morgan fingerprint density at radius 3 is 2.29 bits per heavy atom. The summed E-state index contributed by atoms with van der Waals surface area (Å²) in [5.74, 6) is 0.175. The Bertz CT molecular complexity index is 1230. The number of nitrogens with zero attached hydrogens (tertiary/aromatic N) is 1. The lowest BCUT2D eigenvalue weighted by Crippen LogP contribution is -2.28. The molecule has 2 aromatic carbocycles. The Morgan fingerprint density at radius 2 is 1.71 bits per heavy atom. The van der Waals surface area contributed by atoms with E-state index in [1.165, 1.54) is 6.92 Å². The predicted octanol–water partition coefficient (Wildman–Crippen LogP) is 5.10. The van der Waals surface area contributed by atoms with Crippen molar-refractivity contribution in [1.82, 2.24) is 4.90 Å². The smallest absolute Gasteiger partial charge is 0.246 e. The van der Waals surface area contributed by atoms with E-state index in [4.69, 9.17) is 9.15 Å². The van der Waals surface area contributed by atoms with Crippen molar-refractivity contribution in [2.45, 2.75) is 34.1 Å². The standard InChI is InChI=1S/C27H30N2O5/c1-6-29(7-2)25(32)14-17(3)20-10-13-23-22(16-20)26(27(34-23)18(4)30)28-24(31)15-19-8-11-21(33-5)12-9-19/h8-14,16H,6-7,15H2,1-5H3,(H,28,31)/b17-14+. The summed E-state index contributed by atoms with van der Waals surface area (Å²) in [6.45, 7) is 8.39. The van der Waals surface area contributed by atoms with E-state index < -0.39 is 0 Å². The molecule has 1 heterocycles. The van der Waals surface area contributed by atoms with Gasteiger partial charge < -0.3 is 19.4 Å². The molecule has 0 bridgehead atoms. The molecular formula is C27H30N2O5. The topological polar surface area (TPSA) is 88.9 Å². The fraction of sp³-hybridized carbons (Fsp3) is 0.296. The number of ether oxygens (including phenoxy) is 1. The van der Waals surface area contributed by atoms with Gasteiger partial charge in [0.2, 0.25) is 11.8 Å². The highest BCUT2D eigenvalue weighted by atomic mass is 16.5. The number of benzene rings is 2. The minimum Gasteiger partial charge on any atom is -0.497 e. The number of hydrogen-bond donors (Lipinski definition) is 1. The number of likely N-dealkylation sites (N-methyl/N-ethyl adjacent to an activating group) is 1. The van der Waals surface area contributed by atoms with Gasteiger partial charge in [-0.25, -0.2) is 0 Å². The molecule has 0 fully saturated rings. The van der Waals surface area contributed by atoms with Gasteiger partial charge in [-0.3, -0.25) is 14.4 Å². The van der Waals surface area contributed by atoms with Crippen molar-refractivity contribution in [3.8, 4) is 5.75 Å². The third-order valence-corrected chi connectivity index (χ3v) is 5.67. The highest BCUT2D eigenvalue weighted by Crippen LogP contribution is 2.34. The number of rotatable bonds is 9. The Kier molecular flexibility index (Phi) is 7.89. The molecule has 0 spiro atoms. The summed E-state index contributed by atoms with van der Waals surface area (Å²) in [5, 5.41) is 3.46. The third-order valence-electron chi connectivity index (χ3n) is 5.67. The van der Waals surface area contributed by atoms with Gasteiger partial charge in [0.25, 0.3) is 0 Å². The number of nitrogens with one attached hydrogen (secondary N) is 1. The monoisotopic (exact) mass is 462 g/mol. The molecule has 0 atom stereocenters. The van der Waals surface area contributed by atoms with Crippen molar-refractivity contribution < 1.29 is 23.5 Å². The summed E-state index contributed by atoms with van der Waals surface area (Å²) >= 11 is 0. The van der Waals surface area contributed by atoms with E-state index in [1.807, 2.05) is 45.0 Å². The van der Waals surface area contributed by atoms with E-state index >= 15 is 0 Å². The molecule has 0 saturated carbocycles. The number of fused-ring (bicyclic) bond motifs is 1. The fourth-order valence-electron chi connectivity index (χ4n) is 3.72. The van der Waals surface area contributed by atoms with Crippen LogP contribution in [0.5, 0.6) is 5.75 Å². The predicted molar refractivity (Wildman–Crippen MR) is 133 cm³/mol. The first-order chi connectivity index (χ1) is 16.3. The molecule has 0 radical (unpaired) electrons. The molecule has 178 valence electrons. The first kappa shape index (κ1) is 24.8. The van der Waals surface area contributed by atoms with Crippen LogP contribution in [0.25, 0.3) is 16.5 Å². The van der Waals surface area contributed by atoms with Gasteiger partial charge in [-0.1, -0.05) is 18.2 Å². The van der Waals surface area contributed by atoms with Crippen LogP contribution >= 0.6 is 0 Å². The van der Waals surface area contributed by atoms with Crippen LogP contribution in [0.1, 0.15) is 49.4 Å². The second-order valence-corrected chi connectivity index (χ2v) is 7.98. The van der Waals surface area contributed by atoms with Gasteiger partial charge in [-0.15, -0.1) is 0 Å². The molecular weight excluding hydrogens is 432 g/mol. The third kappa shape index (κ3) is 5.54. The summed E-state index contributed by atoms with van der Waals surface area (Å²) in [6.07, 6.45) is 1.73. The largest absolute Gasteiger partial charge is 0.497 e. The molecule has 7 nitrogen and oxygen atoms in total. The number of anilines is 1. The zero-order valence-electron chi connectivity index (χ0n) is 20.2. The highest BCUT2D eigenvalue weighted by molar-refractivity contribution is 6.11. The molecule has 0 saturated heterocycles. The van der Waals surface area contributed by atoms with E-state index in [9.17, 15) is 14.4 Å². The number of carbonyl (C=O) groups is 3. The van der Waals surface area contributed by atoms with Crippen LogP contribution in [0, 0.1) is 0 Å². The highest BCUT2D eigenvalue weighted by Gasteiger charge is 2.21. The maximum atomic E-state index is 12.8. The molecule has 1 N–H and O–H groups in total. The maximum Gasteiger partial charge on any atom is 0.246 e. The first-order valence-electron chi connectivity index (χ1n) is 11.2. The molecule has 0 unspecified atom stereocenters. The fourth-order valence-corrected chi connectivity index (χ4v) is 3.72. The van der Waals surface area contributed by atoms with Gasteiger partial charge in [0, 0.05) is 31.5 Å². The van der Waals surface area contributed by atoms with Gasteiger partial charge in [-0.05, 0) is 61.7 Å². The molecule has 34 heavy (non-hydrogen) atoms. The number of ketones is 1. The van der Waals surface area contributed by atoms with Crippen LogP contribution < -0.4 is 10.1 Å². The Labute approximate surface area is 199 Å². The summed E-state index contributed by atoms with van der Waals surface area (Å²) in [5.41, 5.74) is 3.21. The van der Waals surface area contributed by atoms with E-state index in [-0.39, 0.29) is 29.8 Å². The van der Waals surface area contributed by atoms with Crippen molar-refractivity contribution in [3.63, 3.8) is 0 Å². The Hall–Kier alpha value is -3.87. The van der Waals surface area contributed by atoms with Crippen LogP contribution in [0.15, 0.2) is 53.0 Å². The van der Waals surface area contributed by atoms with E-state index in [0.717, 1.165) is 16.7 Å². The van der Waals surface area contributed by atoms with Gasteiger partial charge in [0.05, 0.1) is 19.2 Å². The lowest BCUT2D eigenvalue weighted by atomic mass is 10.0. The minimum absolute atomic E-state index is 0.0627. The van der Waals surface area contributed by atoms with E-state index in [0.29, 0.717) is 35.5 Å². The van der Waals surface area contributed by atoms with E-state index in [1.54, 1.807) is 36.3 Å². The zero-order chi connectivity index (χ0) is 24.8. The van der Waals surface area contributed by atoms with Crippen LogP contribution in [0.3, 0.4) is 0 Å². The van der Waals surface area contributed by atoms with Gasteiger partial charge in [0.15, 0.2) is 11.5 Å². The SMILES string of the molecule is CCN(CC)C(=O)/C=C(\C)c1ccc2oc(C(C)=O)c(NC(=O)Cc3ccc(OC)cc3)c2c1. The summed E-state index contributed by atoms with van der Waals surface area (Å²) in [6, 6.07) is 12.6. The Balaban J connectivity index is 1.93. The van der Waals surface area contributed by atoms with Gasteiger partial charge in [-0.2, -0.15) is 0 Å². The number of hydrogen-bond acceptors (Lipinski definition) is 5. The second-order valence-electron chi connectivity index (χ2n) is 7.98. The van der Waals surface area contributed by atoms with Crippen molar-refractivity contribution in [2.75, 3.05) is 25.5 Å². The number of furan rings is 1. The van der Waals surface area contributed by atoms with Gasteiger partial charge >= 0.3 is 0 Å². The average Bonchev–Trinajstić information content (AvgIpc) is 3.18. The molecule has 7 heteroatoms. The van der Waals surface area contributed by atoms with Crippen molar-refractivity contribution in [2.24, 2.45) is 0 Å². The number of carbonyl (C=O) groups excluding carboxylic acids is 3. The number of methoxy groups -OCH3 is 1. The number of amides is 2. The molecule has 0 aliphatic heterocycles. The summed E-state index contributed by atoms with van der Waals surface area (Å²) in [7, 11) is 1.58. The van der Waals surface area contributed by atoms with Crippen molar-refractivity contribution in [1.29, 1.82) is 0 Å². The average molecular weight is 463 g/mol. The molecule has 3 aromatic rings. The second kappa shape index (κ2) is 10.8. The van der Waals surface area contributed by atoms with Crippen LogP contribution in [-0.2, 0) is 16.0 Å². The lowest BCUT2D eigenvalue weighted by Gasteiger charge is -2.16. The maximum absolute atomic E-state index is 12.8. The number of Topliss-reactive ketones (excluding diaryl/α,β-unsaturated/α-hetero) is 1.